The fourth-order valence-electron chi connectivity index (χ4n) is 5.08. The van der Waals surface area contributed by atoms with Gasteiger partial charge in [-0.1, -0.05) is 47.7 Å². The number of allylic oxidation sites excluding steroid dienone is 1. The van der Waals surface area contributed by atoms with E-state index in [1.807, 2.05) is 69.3 Å². The second-order valence-corrected chi connectivity index (χ2v) is 11.8. The van der Waals surface area contributed by atoms with E-state index in [0.29, 0.717) is 55.2 Å². The van der Waals surface area contributed by atoms with Crippen LogP contribution in [0.15, 0.2) is 92.3 Å². The van der Waals surface area contributed by atoms with Crippen LogP contribution < -0.4 is 24.4 Å². The Bertz CT molecular complexity index is 1880. The number of carbonyl (C=O) groups excluding carboxylic acids is 1. The zero-order valence-electron chi connectivity index (χ0n) is 24.3. The van der Waals surface area contributed by atoms with Crippen molar-refractivity contribution >= 4 is 39.2 Å². The molecule has 0 radical (unpaired) electrons. The number of methoxy groups -OCH3 is 1. The van der Waals surface area contributed by atoms with Crippen molar-refractivity contribution in [1.29, 1.82) is 0 Å². The fourth-order valence-corrected chi connectivity index (χ4v) is 6.64. The SMILES string of the molecule is CCN(CC)C(=O)C1=C(C)N=c2s/c(=C/c3ccc(OCc4ccc(F)cc4)c(Br)c3)c(=O)n2[C@H]1c1ccccc1OC. The van der Waals surface area contributed by atoms with E-state index >= 15 is 0 Å². The summed E-state index contributed by atoms with van der Waals surface area (Å²) in [5.74, 6) is 0.753. The summed E-state index contributed by atoms with van der Waals surface area (Å²) in [6.45, 7) is 7.04. The molecule has 4 aromatic rings. The molecule has 1 aliphatic rings. The lowest BCUT2D eigenvalue weighted by molar-refractivity contribution is -0.127. The molecule has 1 atom stereocenters. The Hall–Kier alpha value is -4.02. The maximum Gasteiger partial charge on any atom is 0.271 e. The van der Waals surface area contributed by atoms with Crippen LogP contribution in [0.25, 0.3) is 6.08 Å². The Kier molecular flexibility index (Phi) is 9.27. The highest BCUT2D eigenvalue weighted by molar-refractivity contribution is 9.10. The zero-order valence-corrected chi connectivity index (χ0v) is 26.7. The summed E-state index contributed by atoms with van der Waals surface area (Å²) in [4.78, 5) is 34.9. The molecule has 0 saturated carbocycles. The number of amides is 1. The Morgan fingerprint density at radius 1 is 1.09 bits per heavy atom. The standard InChI is InChI=1S/C33H31BrFN3O4S/c1-5-37(6-2)32(40)29-20(3)36-33-38(30(29)24-9-7-8-10-26(24)41-4)31(39)28(43-33)18-22-13-16-27(25(34)17-22)42-19-21-11-14-23(35)15-12-21/h7-18,30H,5-6,19H2,1-4H3/b28-18+/t30-/m0/s1. The van der Waals surface area contributed by atoms with Gasteiger partial charge in [0.15, 0.2) is 4.80 Å². The van der Waals surface area contributed by atoms with Gasteiger partial charge in [-0.05, 0) is 84.2 Å². The summed E-state index contributed by atoms with van der Waals surface area (Å²) in [7, 11) is 1.58. The first-order valence-electron chi connectivity index (χ1n) is 13.9. The van der Waals surface area contributed by atoms with Crippen LogP contribution >= 0.6 is 27.3 Å². The van der Waals surface area contributed by atoms with Crippen LogP contribution in [0.4, 0.5) is 4.39 Å². The van der Waals surface area contributed by atoms with Crippen LogP contribution in [0.3, 0.4) is 0 Å². The van der Waals surface area contributed by atoms with E-state index in [9.17, 15) is 14.0 Å². The molecular weight excluding hydrogens is 633 g/mol. The molecule has 7 nitrogen and oxygen atoms in total. The fraction of sp³-hybridized carbons (Fsp3) is 0.242. The third-order valence-electron chi connectivity index (χ3n) is 7.30. The predicted molar refractivity (Wildman–Crippen MR) is 170 cm³/mol. The maximum atomic E-state index is 14.1. The van der Waals surface area contributed by atoms with E-state index < -0.39 is 6.04 Å². The smallest absolute Gasteiger partial charge is 0.271 e. The minimum absolute atomic E-state index is 0.156. The average molecular weight is 665 g/mol. The highest BCUT2D eigenvalue weighted by Gasteiger charge is 2.35. The van der Waals surface area contributed by atoms with E-state index in [0.717, 1.165) is 11.1 Å². The van der Waals surface area contributed by atoms with E-state index in [1.54, 1.807) is 28.7 Å². The van der Waals surface area contributed by atoms with Crippen molar-refractivity contribution in [1.82, 2.24) is 9.47 Å². The van der Waals surface area contributed by atoms with Crippen molar-refractivity contribution in [3.8, 4) is 11.5 Å². The van der Waals surface area contributed by atoms with Gasteiger partial charge in [-0.3, -0.25) is 14.2 Å². The highest BCUT2D eigenvalue weighted by atomic mass is 79.9. The Balaban J connectivity index is 1.56. The number of benzene rings is 3. The monoisotopic (exact) mass is 663 g/mol. The molecule has 0 saturated heterocycles. The molecule has 10 heteroatoms. The number of aromatic nitrogens is 1. The normalized spacial score (nSPS) is 14.7. The summed E-state index contributed by atoms with van der Waals surface area (Å²) in [6, 6.07) is 18.5. The minimum atomic E-state index is -0.698. The van der Waals surface area contributed by atoms with Gasteiger partial charge in [0, 0.05) is 18.7 Å². The Morgan fingerprint density at radius 2 is 1.81 bits per heavy atom. The van der Waals surface area contributed by atoms with Gasteiger partial charge >= 0.3 is 0 Å². The second-order valence-electron chi connectivity index (χ2n) is 9.91. The van der Waals surface area contributed by atoms with Crippen LogP contribution in [0.1, 0.15) is 43.5 Å². The van der Waals surface area contributed by atoms with Crippen molar-refractivity contribution in [2.45, 2.75) is 33.4 Å². The second kappa shape index (κ2) is 13.1. The van der Waals surface area contributed by atoms with E-state index in [-0.39, 0.29) is 23.9 Å². The molecule has 0 bridgehead atoms. The van der Waals surface area contributed by atoms with Crippen LogP contribution in [-0.4, -0.2) is 35.6 Å². The van der Waals surface area contributed by atoms with E-state index in [1.165, 1.54) is 23.5 Å². The summed E-state index contributed by atoms with van der Waals surface area (Å²) in [5.41, 5.74) is 3.13. The molecular formula is C33H31BrFN3O4S. The number of thiazole rings is 1. The Labute approximate surface area is 261 Å². The summed E-state index contributed by atoms with van der Waals surface area (Å²) < 4.78 is 27.6. The lowest BCUT2D eigenvalue weighted by Gasteiger charge is -2.29. The van der Waals surface area contributed by atoms with E-state index in [4.69, 9.17) is 14.5 Å². The largest absolute Gasteiger partial charge is 0.496 e. The number of likely N-dealkylation sites (N-methyl/N-ethyl adjacent to an activating group) is 1. The number of para-hydroxylation sites is 1. The highest BCUT2D eigenvalue weighted by Crippen LogP contribution is 2.36. The molecule has 1 amide bonds. The van der Waals surface area contributed by atoms with Gasteiger partial charge in [0.1, 0.15) is 30.0 Å². The van der Waals surface area contributed by atoms with Gasteiger partial charge in [0.2, 0.25) is 0 Å². The molecule has 1 aromatic heterocycles. The number of ether oxygens (including phenoxy) is 2. The zero-order chi connectivity index (χ0) is 30.7. The van der Waals surface area contributed by atoms with Gasteiger partial charge in [-0.2, -0.15) is 0 Å². The first kappa shape index (κ1) is 30.4. The van der Waals surface area contributed by atoms with Crippen molar-refractivity contribution in [3.63, 3.8) is 0 Å². The average Bonchev–Trinajstić information content (AvgIpc) is 3.31. The third-order valence-corrected chi connectivity index (χ3v) is 8.90. The van der Waals surface area contributed by atoms with Gasteiger partial charge in [-0.25, -0.2) is 9.38 Å². The van der Waals surface area contributed by atoms with Crippen LogP contribution in [0, 0.1) is 5.82 Å². The van der Waals surface area contributed by atoms with Crippen molar-refractivity contribution < 1.29 is 18.7 Å². The molecule has 2 heterocycles. The molecule has 222 valence electrons. The maximum absolute atomic E-state index is 14.1. The molecule has 0 aliphatic carbocycles. The molecule has 0 fully saturated rings. The molecule has 5 rings (SSSR count). The number of carbonyl (C=O) groups is 1. The molecule has 0 N–H and O–H groups in total. The number of rotatable bonds is 9. The van der Waals surface area contributed by atoms with Crippen molar-refractivity contribution in [3.05, 3.63) is 125 Å². The lowest BCUT2D eigenvalue weighted by atomic mass is 9.94. The molecule has 0 unspecified atom stereocenters. The molecule has 3 aromatic carbocycles. The first-order chi connectivity index (χ1) is 20.7. The van der Waals surface area contributed by atoms with E-state index in [2.05, 4.69) is 15.9 Å². The topological polar surface area (TPSA) is 73.1 Å². The summed E-state index contributed by atoms with van der Waals surface area (Å²) >= 11 is 4.85. The van der Waals surface area contributed by atoms with Crippen LogP contribution in [-0.2, 0) is 11.4 Å². The number of nitrogens with zero attached hydrogens (tertiary/aromatic N) is 3. The number of hydrogen-bond acceptors (Lipinski definition) is 6. The van der Waals surface area contributed by atoms with Crippen molar-refractivity contribution in [2.75, 3.05) is 20.2 Å². The lowest BCUT2D eigenvalue weighted by Crippen LogP contribution is -2.43. The number of halogens is 2. The van der Waals surface area contributed by atoms with Gasteiger partial charge in [-0.15, -0.1) is 0 Å². The van der Waals surface area contributed by atoms with Gasteiger partial charge < -0.3 is 14.4 Å². The molecule has 0 spiro atoms. The van der Waals surface area contributed by atoms with Crippen LogP contribution in [0.2, 0.25) is 0 Å². The quantitative estimate of drug-likeness (QED) is 0.234. The van der Waals surface area contributed by atoms with Gasteiger partial charge in [0.05, 0.1) is 27.4 Å². The third kappa shape index (κ3) is 6.21. The molecule has 43 heavy (non-hydrogen) atoms. The summed E-state index contributed by atoms with van der Waals surface area (Å²) in [5, 5.41) is 0. The predicted octanol–water partition coefficient (Wildman–Crippen LogP) is 5.59. The molecule has 1 aliphatic heterocycles. The first-order valence-corrected chi connectivity index (χ1v) is 15.5. The Morgan fingerprint density at radius 3 is 2.49 bits per heavy atom. The minimum Gasteiger partial charge on any atom is -0.496 e. The van der Waals surface area contributed by atoms with Crippen LogP contribution in [0.5, 0.6) is 11.5 Å². The number of fused-ring (bicyclic) bond motifs is 1. The van der Waals surface area contributed by atoms with Crippen molar-refractivity contribution in [2.24, 2.45) is 4.99 Å². The summed E-state index contributed by atoms with van der Waals surface area (Å²) in [6.07, 6.45) is 1.81. The number of hydrogen-bond donors (Lipinski definition) is 0. The van der Waals surface area contributed by atoms with Gasteiger partial charge in [0.25, 0.3) is 11.5 Å².